The summed E-state index contributed by atoms with van der Waals surface area (Å²) in [6, 6.07) is 12.9. The van der Waals surface area contributed by atoms with Crippen LogP contribution in [0, 0.1) is 0 Å². The number of benzene rings is 2. The Labute approximate surface area is 183 Å². The smallest absolute Gasteiger partial charge is 0.257 e. The Morgan fingerprint density at radius 3 is 2.23 bits per heavy atom. The van der Waals surface area contributed by atoms with Crippen LogP contribution >= 0.6 is 0 Å². The predicted octanol–water partition coefficient (Wildman–Crippen LogP) is 3.02. The summed E-state index contributed by atoms with van der Waals surface area (Å²) >= 11 is 0. The fourth-order valence-corrected chi connectivity index (χ4v) is 3.81. The Hall–Kier alpha value is -3.22. The molecule has 2 aromatic carbocycles. The van der Waals surface area contributed by atoms with Gasteiger partial charge in [0.25, 0.3) is 5.91 Å². The van der Waals surface area contributed by atoms with Crippen LogP contribution in [-0.2, 0) is 11.2 Å². The van der Waals surface area contributed by atoms with Crippen LogP contribution in [0.15, 0.2) is 42.5 Å². The van der Waals surface area contributed by atoms with E-state index in [-0.39, 0.29) is 11.8 Å². The molecule has 1 aliphatic rings. The van der Waals surface area contributed by atoms with Crippen molar-refractivity contribution in [3.8, 4) is 17.2 Å². The highest BCUT2D eigenvalue weighted by molar-refractivity contribution is 5.97. The number of rotatable bonds is 7. The Morgan fingerprint density at radius 2 is 1.48 bits per heavy atom. The molecule has 0 atom stereocenters. The zero-order chi connectivity index (χ0) is 22.2. The second-order valence-electron chi connectivity index (χ2n) is 7.42. The predicted molar refractivity (Wildman–Crippen MR) is 118 cm³/mol. The summed E-state index contributed by atoms with van der Waals surface area (Å²) in [6.45, 7) is 2.32. The molecule has 2 aromatic rings. The molecule has 0 saturated carbocycles. The van der Waals surface area contributed by atoms with E-state index in [0.717, 1.165) is 12.0 Å². The van der Waals surface area contributed by atoms with Gasteiger partial charge in [0.1, 0.15) is 5.75 Å². The minimum atomic E-state index is -0.0583. The van der Waals surface area contributed by atoms with Crippen molar-refractivity contribution in [1.29, 1.82) is 0 Å². The first-order valence-electron chi connectivity index (χ1n) is 10.5. The number of carbonyl (C=O) groups is 2. The van der Waals surface area contributed by atoms with Crippen molar-refractivity contribution in [1.82, 2.24) is 9.80 Å². The number of para-hydroxylation sites is 1. The minimum Gasteiger partial charge on any atom is -0.496 e. The molecule has 0 N–H and O–H groups in total. The van der Waals surface area contributed by atoms with Crippen molar-refractivity contribution in [2.24, 2.45) is 0 Å². The largest absolute Gasteiger partial charge is 0.496 e. The van der Waals surface area contributed by atoms with E-state index in [1.807, 2.05) is 35.2 Å². The van der Waals surface area contributed by atoms with Crippen LogP contribution in [0.3, 0.4) is 0 Å². The molecule has 0 aliphatic carbocycles. The van der Waals surface area contributed by atoms with Crippen LogP contribution in [0.4, 0.5) is 0 Å². The van der Waals surface area contributed by atoms with Gasteiger partial charge in [-0.2, -0.15) is 0 Å². The van der Waals surface area contributed by atoms with Gasteiger partial charge in [-0.05, 0) is 42.7 Å². The normalized spacial score (nSPS) is 14.0. The highest BCUT2D eigenvalue weighted by Gasteiger charge is 2.24. The molecule has 0 bridgehead atoms. The maximum atomic E-state index is 13.0. The van der Waals surface area contributed by atoms with Crippen molar-refractivity contribution in [3.05, 3.63) is 53.6 Å². The van der Waals surface area contributed by atoms with Gasteiger partial charge >= 0.3 is 0 Å². The van der Waals surface area contributed by atoms with E-state index in [0.29, 0.717) is 61.8 Å². The molecular weight excluding hydrogens is 396 g/mol. The van der Waals surface area contributed by atoms with Crippen LogP contribution in [-0.4, -0.2) is 69.1 Å². The summed E-state index contributed by atoms with van der Waals surface area (Å²) in [5, 5.41) is 0. The van der Waals surface area contributed by atoms with Crippen LogP contribution in [0.5, 0.6) is 17.2 Å². The van der Waals surface area contributed by atoms with E-state index >= 15 is 0 Å². The van der Waals surface area contributed by atoms with Crippen LogP contribution in [0.25, 0.3) is 0 Å². The number of carbonyl (C=O) groups excluding carboxylic acids is 2. The zero-order valence-corrected chi connectivity index (χ0v) is 18.4. The third-order valence-corrected chi connectivity index (χ3v) is 5.55. The van der Waals surface area contributed by atoms with Gasteiger partial charge in [-0.15, -0.1) is 0 Å². The second kappa shape index (κ2) is 10.7. The summed E-state index contributed by atoms with van der Waals surface area (Å²) in [5.41, 5.74) is 1.58. The minimum absolute atomic E-state index is 0.0583. The third kappa shape index (κ3) is 5.48. The lowest BCUT2D eigenvalue weighted by Gasteiger charge is -2.23. The molecule has 0 spiro atoms. The van der Waals surface area contributed by atoms with Gasteiger partial charge in [-0.1, -0.05) is 18.2 Å². The molecule has 7 heteroatoms. The molecule has 3 rings (SSSR count). The Bertz CT molecular complexity index is 915. The van der Waals surface area contributed by atoms with Crippen molar-refractivity contribution in [3.63, 3.8) is 0 Å². The molecule has 1 aliphatic heterocycles. The molecular formula is C24H30N2O5. The summed E-state index contributed by atoms with van der Waals surface area (Å²) in [4.78, 5) is 29.4. The van der Waals surface area contributed by atoms with Gasteiger partial charge in [-0.25, -0.2) is 0 Å². The topological polar surface area (TPSA) is 68.3 Å². The van der Waals surface area contributed by atoms with Gasteiger partial charge < -0.3 is 24.0 Å². The standard InChI is InChI=1S/C24H30N2O5/c1-29-20-8-5-4-7-19(20)24(28)26-14-6-13-25(15-16-26)23(27)12-10-18-9-11-21(30-2)22(17-18)31-3/h4-5,7-9,11,17H,6,10,12-16H2,1-3H3. The lowest BCUT2D eigenvalue weighted by Crippen LogP contribution is -2.37. The SMILES string of the molecule is COc1ccc(CCC(=O)N2CCCN(C(=O)c3ccccc3OC)CC2)cc1OC. The molecule has 166 valence electrons. The summed E-state index contributed by atoms with van der Waals surface area (Å²) in [5.74, 6) is 1.94. The Kier molecular flexibility index (Phi) is 7.76. The van der Waals surface area contributed by atoms with Crippen LogP contribution < -0.4 is 14.2 Å². The fraction of sp³-hybridized carbons (Fsp3) is 0.417. The van der Waals surface area contributed by atoms with Crippen LogP contribution in [0.1, 0.15) is 28.8 Å². The molecule has 7 nitrogen and oxygen atoms in total. The van der Waals surface area contributed by atoms with Gasteiger partial charge in [0.2, 0.25) is 5.91 Å². The zero-order valence-electron chi connectivity index (χ0n) is 18.4. The number of methoxy groups -OCH3 is 3. The van der Waals surface area contributed by atoms with Gasteiger partial charge in [0, 0.05) is 32.6 Å². The van der Waals surface area contributed by atoms with Crippen LogP contribution in [0.2, 0.25) is 0 Å². The number of hydrogen-bond acceptors (Lipinski definition) is 5. The monoisotopic (exact) mass is 426 g/mol. The quantitative estimate of drug-likeness (QED) is 0.681. The lowest BCUT2D eigenvalue weighted by atomic mass is 10.1. The van der Waals surface area contributed by atoms with E-state index in [2.05, 4.69) is 0 Å². The maximum absolute atomic E-state index is 13.0. The highest BCUT2D eigenvalue weighted by atomic mass is 16.5. The number of nitrogens with zero attached hydrogens (tertiary/aromatic N) is 2. The summed E-state index contributed by atoms with van der Waals surface area (Å²) in [7, 11) is 4.76. The average molecular weight is 427 g/mol. The third-order valence-electron chi connectivity index (χ3n) is 5.55. The van der Waals surface area contributed by atoms with E-state index in [1.165, 1.54) is 0 Å². The second-order valence-corrected chi connectivity index (χ2v) is 7.42. The Balaban J connectivity index is 1.56. The number of amides is 2. The van der Waals surface area contributed by atoms with Gasteiger partial charge in [-0.3, -0.25) is 9.59 Å². The lowest BCUT2D eigenvalue weighted by molar-refractivity contribution is -0.131. The Morgan fingerprint density at radius 1 is 0.806 bits per heavy atom. The highest BCUT2D eigenvalue weighted by Crippen LogP contribution is 2.28. The summed E-state index contributed by atoms with van der Waals surface area (Å²) in [6.07, 6.45) is 1.79. The first-order chi connectivity index (χ1) is 15.1. The molecule has 1 heterocycles. The molecule has 0 radical (unpaired) electrons. The number of aryl methyl sites for hydroxylation is 1. The van der Waals surface area contributed by atoms with Gasteiger partial charge in [0.05, 0.1) is 26.9 Å². The number of hydrogen-bond donors (Lipinski definition) is 0. The van der Waals surface area contributed by atoms with Crippen molar-refractivity contribution >= 4 is 11.8 Å². The van der Waals surface area contributed by atoms with E-state index in [4.69, 9.17) is 14.2 Å². The fourth-order valence-electron chi connectivity index (χ4n) is 3.81. The molecule has 1 saturated heterocycles. The molecule has 31 heavy (non-hydrogen) atoms. The molecule has 0 unspecified atom stereocenters. The van der Waals surface area contributed by atoms with E-state index in [9.17, 15) is 9.59 Å². The van der Waals surface area contributed by atoms with Crippen molar-refractivity contribution in [2.45, 2.75) is 19.3 Å². The molecule has 1 fully saturated rings. The first kappa shape index (κ1) is 22.5. The van der Waals surface area contributed by atoms with Crippen molar-refractivity contribution < 1.29 is 23.8 Å². The van der Waals surface area contributed by atoms with E-state index in [1.54, 1.807) is 38.4 Å². The van der Waals surface area contributed by atoms with E-state index < -0.39 is 0 Å². The average Bonchev–Trinajstić information content (AvgIpc) is 3.08. The molecule has 0 aromatic heterocycles. The van der Waals surface area contributed by atoms with Crippen molar-refractivity contribution in [2.75, 3.05) is 47.5 Å². The first-order valence-corrected chi connectivity index (χ1v) is 10.5. The van der Waals surface area contributed by atoms with Gasteiger partial charge in [0.15, 0.2) is 11.5 Å². The molecule has 2 amide bonds. The summed E-state index contributed by atoms with van der Waals surface area (Å²) < 4.78 is 15.9. The maximum Gasteiger partial charge on any atom is 0.257 e. The number of ether oxygens (including phenoxy) is 3.